The Morgan fingerprint density at radius 3 is 2.23 bits per heavy atom. The summed E-state index contributed by atoms with van der Waals surface area (Å²) in [6, 6.07) is 0.366. The van der Waals surface area contributed by atoms with E-state index in [0.29, 0.717) is 17.7 Å². The first kappa shape index (κ1) is 9.20. The fourth-order valence-electron chi connectivity index (χ4n) is 2.21. The molecule has 0 spiro atoms. The zero-order valence-corrected chi connectivity index (χ0v) is 8.17. The molecule has 0 aromatic rings. The number of nitrogens with two attached hydrogens (primary N) is 1. The Bertz CT molecular complexity index is 190. The minimum atomic E-state index is 0.361. The van der Waals surface area contributed by atoms with E-state index in [9.17, 15) is 4.79 Å². The van der Waals surface area contributed by atoms with Gasteiger partial charge in [0.15, 0.2) is 0 Å². The van der Waals surface area contributed by atoms with Crippen LogP contribution in [0.1, 0.15) is 44.9 Å². The van der Waals surface area contributed by atoms with Crippen molar-refractivity contribution in [1.29, 1.82) is 0 Å². The fourth-order valence-corrected chi connectivity index (χ4v) is 2.21. The quantitative estimate of drug-likeness (QED) is 0.722. The van der Waals surface area contributed by atoms with Gasteiger partial charge in [0.2, 0.25) is 0 Å². The van der Waals surface area contributed by atoms with Crippen molar-refractivity contribution in [1.82, 2.24) is 0 Å². The maximum atomic E-state index is 11.7. The van der Waals surface area contributed by atoms with Gasteiger partial charge in [0.1, 0.15) is 5.78 Å². The summed E-state index contributed by atoms with van der Waals surface area (Å²) >= 11 is 0. The van der Waals surface area contributed by atoms with E-state index in [1.165, 1.54) is 12.8 Å². The molecule has 2 saturated carbocycles. The van der Waals surface area contributed by atoms with E-state index in [1.54, 1.807) is 0 Å². The van der Waals surface area contributed by atoms with Gasteiger partial charge in [-0.2, -0.15) is 0 Å². The van der Waals surface area contributed by atoms with Crippen LogP contribution in [0.5, 0.6) is 0 Å². The van der Waals surface area contributed by atoms with E-state index in [4.69, 9.17) is 5.73 Å². The maximum absolute atomic E-state index is 11.7. The predicted molar refractivity (Wildman–Crippen MR) is 52.3 cm³/mol. The van der Waals surface area contributed by atoms with Crippen LogP contribution >= 0.6 is 0 Å². The van der Waals surface area contributed by atoms with E-state index >= 15 is 0 Å². The highest BCUT2D eigenvalue weighted by Gasteiger charge is 2.30. The Labute approximate surface area is 79.9 Å². The second-order valence-electron chi connectivity index (χ2n) is 4.73. The van der Waals surface area contributed by atoms with Gasteiger partial charge in [-0.1, -0.05) is 0 Å². The molecule has 0 radical (unpaired) electrons. The average molecular weight is 181 g/mol. The molecule has 13 heavy (non-hydrogen) atoms. The van der Waals surface area contributed by atoms with Gasteiger partial charge < -0.3 is 5.73 Å². The number of hydrogen-bond acceptors (Lipinski definition) is 2. The number of rotatable bonds is 3. The predicted octanol–water partition coefficient (Wildman–Crippen LogP) is 1.87. The molecule has 0 saturated heterocycles. The van der Waals surface area contributed by atoms with Gasteiger partial charge in [-0.15, -0.1) is 0 Å². The summed E-state index contributed by atoms with van der Waals surface area (Å²) in [5.74, 6) is 1.64. The van der Waals surface area contributed by atoms with Crippen LogP contribution in [0.25, 0.3) is 0 Å². The lowest BCUT2D eigenvalue weighted by Crippen LogP contribution is -2.29. The molecule has 74 valence electrons. The van der Waals surface area contributed by atoms with Crippen LogP contribution in [-0.4, -0.2) is 11.8 Å². The van der Waals surface area contributed by atoms with E-state index in [0.717, 1.165) is 38.0 Å². The Morgan fingerprint density at radius 2 is 1.69 bits per heavy atom. The molecule has 2 rings (SSSR count). The van der Waals surface area contributed by atoms with Crippen molar-refractivity contribution in [3.8, 4) is 0 Å². The van der Waals surface area contributed by atoms with Gasteiger partial charge in [-0.3, -0.25) is 4.79 Å². The molecule has 0 heterocycles. The Balaban J connectivity index is 1.75. The third kappa shape index (κ3) is 2.53. The SMILES string of the molecule is NC1CCC(C(=O)CC2CC2)CC1. The molecule has 2 N–H and O–H groups in total. The lowest BCUT2D eigenvalue weighted by atomic mass is 9.82. The lowest BCUT2D eigenvalue weighted by molar-refractivity contribution is -0.124. The van der Waals surface area contributed by atoms with Crippen molar-refractivity contribution < 1.29 is 4.79 Å². The molecule has 0 unspecified atom stereocenters. The molecule has 2 aliphatic rings. The molecule has 2 aliphatic carbocycles. The van der Waals surface area contributed by atoms with Crippen molar-refractivity contribution in [2.24, 2.45) is 17.6 Å². The monoisotopic (exact) mass is 181 g/mol. The lowest BCUT2D eigenvalue weighted by Gasteiger charge is -2.24. The molecule has 2 fully saturated rings. The molecular weight excluding hydrogens is 162 g/mol. The summed E-state index contributed by atoms with van der Waals surface area (Å²) in [6.45, 7) is 0. The third-order valence-electron chi connectivity index (χ3n) is 3.41. The van der Waals surface area contributed by atoms with Crippen LogP contribution in [0.4, 0.5) is 0 Å². The summed E-state index contributed by atoms with van der Waals surface area (Å²) < 4.78 is 0. The van der Waals surface area contributed by atoms with Crippen molar-refractivity contribution in [3.63, 3.8) is 0 Å². The largest absolute Gasteiger partial charge is 0.328 e. The molecule has 0 atom stereocenters. The van der Waals surface area contributed by atoms with Crippen molar-refractivity contribution in [2.45, 2.75) is 51.0 Å². The first-order valence-electron chi connectivity index (χ1n) is 5.54. The number of ketones is 1. The topological polar surface area (TPSA) is 43.1 Å². The van der Waals surface area contributed by atoms with Crippen molar-refractivity contribution in [3.05, 3.63) is 0 Å². The van der Waals surface area contributed by atoms with Gasteiger partial charge in [0, 0.05) is 18.4 Å². The van der Waals surface area contributed by atoms with Crippen LogP contribution in [-0.2, 0) is 4.79 Å². The van der Waals surface area contributed by atoms with Gasteiger partial charge >= 0.3 is 0 Å². The molecule has 0 aromatic carbocycles. The van der Waals surface area contributed by atoms with Gasteiger partial charge in [-0.25, -0.2) is 0 Å². The highest BCUT2D eigenvalue weighted by Crippen LogP contribution is 2.35. The smallest absolute Gasteiger partial charge is 0.136 e. The van der Waals surface area contributed by atoms with Gasteiger partial charge in [0.05, 0.1) is 0 Å². The van der Waals surface area contributed by atoms with E-state index in [2.05, 4.69) is 0 Å². The zero-order valence-electron chi connectivity index (χ0n) is 8.17. The van der Waals surface area contributed by atoms with Crippen LogP contribution < -0.4 is 5.73 Å². The normalized spacial score (nSPS) is 34.5. The standard InChI is InChI=1S/C11H19NO/c12-10-5-3-9(4-6-10)11(13)7-8-1-2-8/h8-10H,1-7,12H2. The van der Waals surface area contributed by atoms with Crippen molar-refractivity contribution in [2.75, 3.05) is 0 Å². The second-order valence-corrected chi connectivity index (χ2v) is 4.73. The molecule has 0 bridgehead atoms. The fraction of sp³-hybridized carbons (Fsp3) is 0.909. The Hall–Kier alpha value is -0.370. The summed E-state index contributed by atoms with van der Waals surface area (Å²) in [4.78, 5) is 11.7. The first-order valence-corrected chi connectivity index (χ1v) is 5.54. The Kier molecular flexibility index (Phi) is 2.68. The van der Waals surface area contributed by atoms with Crippen LogP contribution in [0.3, 0.4) is 0 Å². The number of hydrogen-bond donors (Lipinski definition) is 1. The summed E-state index contributed by atoms with van der Waals surface area (Å²) in [5, 5.41) is 0. The summed E-state index contributed by atoms with van der Waals surface area (Å²) in [7, 11) is 0. The second kappa shape index (κ2) is 3.79. The van der Waals surface area contributed by atoms with E-state index in [1.807, 2.05) is 0 Å². The van der Waals surface area contributed by atoms with Crippen molar-refractivity contribution >= 4 is 5.78 Å². The van der Waals surface area contributed by atoms with Gasteiger partial charge in [0.25, 0.3) is 0 Å². The molecule has 2 heteroatoms. The molecular formula is C11H19NO. The third-order valence-corrected chi connectivity index (χ3v) is 3.41. The number of Topliss-reactive ketones (excluding diaryl/α,β-unsaturated/α-hetero) is 1. The summed E-state index contributed by atoms with van der Waals surface area (Å²) in [6.07, 6.45) is 7.65. The van der Waals surface area contributed by atoms with Crippen LogP contribution in [0, 0.1) is 11.8 Å². The minimum absolute atomic E-state index is 0.361. The van der Waals surface area contributed by atoms with Crippen LogP contribution in [0.2, 0.25) is 0 Å². The molecule has 2 nitrogen and oxygen atoms in total. The number of carbonyl (C=O) groups excluding carboxylic acids is 1. The Morgan fingerprint density at radius 1 is 1.08 bits per heavy atom. The zero-order chi connectivity index (χ0) is 9.26. The van der Waals surface area contributed by atoms with E-state index < -0.39 is 0 Å². The minimum Gasteiger partial charge on any atom is -0.328 e. The number of carbonyl (C=O) groups is 1. The van der Waals surface area contributed by atoms with E-state index in [-0.39, 0.29) is 0 Å². The average Bonchev–Trinajstić information content (AvgIpc) is 2.89. The highest BCUT2D eigenvalue weighted by atomic mass is 16.1. The summed E-state index contributed by atoms with van der Waals surface area (Å²) in [5.41, 5.74) is 5.80. The molecule has 0 amide bonds. The molecule has 0 aliphatic heterocycles. The maximum Gasteiger partial charge on any atom is 0.136 e. The first-order chi connectivity index (χ1) is 6.25. The van der Waals surface area contributed by atoms with Crippen LogP contribution in [0.15, 0.2) is 0 Å². The highest BCUT2D eigenvalue weighted by molar-refractivity contribution is 5.81. The molecule has 0 aromatic heterocycles. The van der Waals surface area contributed by atoms with Gasteiger partial charge in [-0.05, 0) is 44.4 Å².